The van der Waals surface area contributed by atoms with Crippen molar-refractivity contribution in [1.29, 1.82) is 0 Å². The topological polar surface area (TPSA) is 106 Å². The molecular formula is C18H17ClN2O6. The van der Waals surface area contributed by atoms with Crippen LogP contribution in [0, 0.1) is 0 Å². The van der Waals surface area contributed by atoms with Gasteiger partial charge in [0.25, 0.3) is 5.91 Å². The van der Waals surface area contributed by atoms with Gasteiger partial charge in [-0.3, -0.25) is 4.79 Å². The molecule has 142 valence electrons. The van der Waals surface area contributed by atoms with Gasteiger partial charge in [-0.1, -0.05) is 17.7 Å². The zero-order valence-corrected chi connectivity index (χ0v) is 15.3. The summed E-state index contributed by atoms with van der Waals surface area (Å²) < 4.78 is 15.3. The zero-order valence-electron chi connectivity index (χ0n) is 14.6. The van der Waals surface area contributed by atoms with Crippen LogP contribution in [0.5, 0.6) is 17.2 Å². The van der Waals surface area contributed by atoms with Crippen molar-refractivity contribution in [3.63, 3.8) is 0 Å². The van der Waals surface area contributed by atoms with Crippen molar-refractivity contribution < 1.29 is 28.9 Å². The van der Waals surface area contributed by atoms with E-state index in [2.05, 4.69) is 10.5 Å². The second-order valence-electron chi connectivity index (χ2n) is 5.15. The molecule has 1 amide bonds. The molecule has 0 aliphatic rings. The van der Waals surface area contributed by atoms with Crippen LogP contribution in [-0.4, -0.2) is 44.0 Å². The monoisotopic (exact) mass is 392 g/mol. The molecule has 0 heterocycles. The SMILES string of the molecule is COc1cccc(C(=O)N/N=C/c2cc(Cl)c(OCC(=O)O)c(OC)c2)c1. The molecule has 2 aromatic rings. The Balaban J connectivity index is 2.10. The van der Waals surface area contributed by atoms with Crippen LogP contribution < -0.4 is 19.6 Å². The summed E-state index contributed by atoms with van der Waals surface area (Å²) in [5.74, 6) is -0.646. The van der Waals surface area contributed by atoms with Gasteiger partial charge in [0.15, 0.2) is 18.1 Å². The van der Waals surface area contributed by atoms with Gasteiger partial charge in [-0.05, 0) is 35.9 Å². The van der Waals surface area contributed by atoms with E-state index in [0.29, 0.717) is 16.9 Å². The van der Waals surface area contributed by atoms with Crippen molar-refractivity contribution in [3.8, 4) is 17.2 Å². The van der Waals surface area contributed by atoms with E-state index in [1.54, 1.807) is 30.3 Å². The number of hydrogen-bond donors (Lipinski definition) is 2. The fourth-order valence-electron chi connectivity index (χ4n) is 2.08. The first-order valence-corrected chi connectivity index (χ1v) is 8.02. The minimum atomic E-state index is -1.14. The second-order valence-corrected chi connectivity index (χ2v) is 5.55. The molecule has 0 aliphatic heterocycles. The van der Waals surface area contributed by atoms with Gasteiger partial charge in [0.2, 0.25) is 0 Å². The molecule has 27 heavy (non-hydrogen) atoms. The Morgan fingerprint density at radius 3 is 2.67 bits per heavy atom. The van der Waals surface area contributed by atoms with E-state index in [-0.39, 0.29) is 16.5 Å². The number of carbonyl (C=O) groups excluding carboxylic acids is 1. The molecule has 0 saturated carbocycles. The highest BCUT2D eigenvalue weighted by atomic mass is 35.5. The van der Waals surface area contributed by atoms with Crippen molar-refractivity contribution in [2.75, 3.05) is 20.8 Å². The molecule has 8 nitrogen and oxygen atoms in total. The molecule has 0 bridgehead atoms. The Morgan fingerprint density at radius 1 is 1.22 bits per heavy atom. The minimum Gasteiger partial charge on any atom is -0.497 e. The maximum absolute atomic E-state index is 12.1. The summed E-state index contributed by atoms with van der Waals surface area (Å²) in [6.45, 7) is -0.555. The highest BCUT2D eigenvalue weighted by molar-refractivity contribution is 6.32. The number of ether oxygens (including phenoxy) is 3. The summed E-state index contributed by atoms with van der Waals surface area (Å²) in [5.41, 5.74) is 3.30. The van der Waals surface area contributed by atoms with E-state index in [9.17, 15) is 9.59 Å². The van der Waals surface area contributed by atoms with Crippen molar-refractivity contribution >= 4 is 29.7 Å². The number of amides is 1. The number of carboxylic acid groups (broad SMARTS) is 1. The van der Waals surface area contributed by atoms with Crippen LogP contribution in [0.2, 0.25) is 5.02 Å². The van der Waals surface area contributed by atoms with E-state index >= 15 is 0 Å². The maximum atomic E-state index is 12.1. The van der Waals surface area contributed by atoms with Gasteiger partial charge in [0.05, 0.1) is 25.5 Å². The lowest BCUT2D eigenvalue weighted by Gasteiger charge is -2.11. The number of methoxy groups -OCH3 is 2. The summed E-state index contributed by atoms with van der Waals surface area (Å²) in [6, 6.07) is 9.67. The number of aliphatic carboxylic acids is 1. The molecule has 2 aromatic carbocycles. The van der Waals surface area contributed by atoms with Gasteiger partial charge in [0.1, 0.15) is 5.75 Å². The van der Waals surface area contributed by atoms with E-state index in [1.165, 1.54) is 26.5 Å². The average molecular weight is 393 g/mol. The first-order chi connectivity index (χ1) is 12.9. The molecule has 2 rings (SSSR count). The molecule has 0 spiro atoms. The molecule has 0 fully saturated rings. The molecule has 0 atom stereocenters. The number of hydrogen-bond acceptors (Lipinski definition) is 6. The Labute approximate surface area is 160 Å². The van der Waals surface area contributed by atoms with E-state index in [4.69, 9.17) is 30.9 Å². The fourth-order valence-corrected chi connectivity index (χ4v) is 2.36. The third-order valence-electron chi connectivity index (χ3n) is 3.30. The van der Waals surface area contributed by atoms with Crippen LogP contribution in [0.1, 0.15) is 15.9 Å². The normalized spacial score (nSPS) is 10.5. The lowest BCUT2D eigenvalue weighted by atomic mass is 10.2. The van der Waals surface area contributed by atoms with Crippen LogP contribution in [0.15, 0.2) is 41.5 Å². The molecule has 0 radical (unpaired) electrons. The summed E-state index contributed by atoms with van der Waals surface area (Å²) >= 11 is 6.11. The molecule has 2 N–H and O–H groups in total. The predicted octanol–water partition coefficient (Wildman–Crippen LogP) is 2.58. The lowest BCUT2D eigenvalue weighted by Crippen LogP contribution is -2.17. The fraction of sp³-hybridized carbons (Fsp3) is 0.167. The van der Waals surface area contributed by atoms with Crippen molar-refractivity contribution in [3.05, 3.63) is 52.5 Å². The number of nitrogens with zero attached hydrogens (tertiary/aromatic N) is 1. The number of hydrazone groups is 1. The quantitative estimate of drug-likeness (QED) is 0.528. The highest BCUT2D eigenvalue weighted by Gasteiger charge is 2.13. The number of halogens is 1. The smallest absolute Gasteiger partial charge is 0.341 e. The molecular weight excluding hydrogens is 376 g/mol. The number of carboxylic acids is 1. The van der Waals surface area contributed by atoms with E-state index < -0.39 is 18.5 Å². The van der Waals surface area contributed by atoms with E-state index in [0.717, 1.165) is 0 Å². The minimum absolute atomic E-state index is 0.110. The summed E-state index contributed by atoms with van der Waals surface area (Å²) in [6.07, 6.45) is 1.37. The van der Waals surface area contributed by atoms with Crippen LogP contribution >= 0.6 is 11.6 Å². The maximum Gasteiger partial charge on any atom is 0.341 e. The number of benzene rings is 2. The van der Waals surface area contributed by atoms with Gasteiger partial charge in [-0.15, -0.1) is 0 Å². The van der Waals surface area contributed by atoms with Crippen LogP contribution in [0.4, 0.5) is 0 Å². The number of carbonyl (C=O) groups is 2. The lowest BCUT2D eigenvalue weighted by molar-refractivity contribution is -0.139. The average Bonchev–Trinajstić information content (AvgIpc) is 2.66. The summed E-state index contributed by atoms with van der Waals surface area (Å²) in [7, 11) is 2.90. The Morgan fingerprint density at radius 2 is 2.00 bits per heavy atom. The molecule has 0 aliphatic carbocycles. The van der Waals surface area contributed by atoms with Gasteiger partial charge in [-0.2, -0.15) is 5.10 Å². The second kappa shape index (κ2) is 9.44. The Kier molecular flexibility index (Phi) is 7.01. The third kappa shape index (κ3) is 5.61. The van der Waals surface area contributed by atoms with E-state index in [1.807, 2.05) is 0 Å². The van der Waals surface area contributed by atoms with Crippen LogP contribution in [0.3, 0.4) is 0 Å². The standard InChI is InChI=1S/C18H17ClN2O6/c1-25-13-5-3-4-12(8-13)18(24)21-20-9-11-6-14(19)17(15(7-11)26-2)27-10-16(22)23/h3-9H,10H2,1-2H3,(H,21,24)(H,22,23)/b20-9+. The first kappa shape index (κ1) is 20.1. The largest absolute Gasteiger partial charge is 0.497 e. The van der Waals surface area contributed by atoms with Crippen molar-refractivity contribution in [2.24, 2.45) is 5.10 Å². The van der Waals surface area contributed by atoms with Gasteiger partial charge in [-0.25, -0.2) is 10.2 Å². The van der Waals surface area contributed by atoms with Crippen molar-refractivity contribution in [1.82, 2.24) is 5.43 Å². The van der Waals surface area contributed by atoms with Crippen LogP contribution in [0.25, 0.3) is 0 Å². The number of rotatable bonds is 8. The summed E-state index contributed by atoms with van der Waals surface area (Å²) in [5, 5.41) is 12.7. The zero-order chi connectivity index (χ0) is 19.8. The van der Waals surface area contributed by atoms with Gasteiger partial charge in [0, 0.05) is 5.56 Å². The molecule has 0 unspecified atom stereocenters. The molecule has 0 saturated heterocycles. The molecule has 0 aromatic heterocycles. The van der Waals surface area contributed by atoms with Gasteiger partial charge < -0.3 is 19.3 Å². The summed E-state index contributed by atoms with van der Waals surface area (Å²) in [4.78, 5) is 22.7. The molecule has 9 heteroatoms. The highest BCUT2D eigenvalue weighted by Crippen LogP contribution is 2.36. The van der Waals surface area contributed by atoms with Gasteiger partial charge >= 0.3 is 5.97 Å². The first-order valence-electron chi connectivity index (χ1n) is 7.64. The third-order valence-corrected chi connectivity index (χ3v) is 3.58. The van der Waals surface area contributed by atoms with Crippen molar-refractivity contribution in [2.45, 2.75) is 0 Å². The Hall–Kier alpha value is -3.26. The number of nitrogens with one attached hydrogen (secondary N) is 1. The Bertz CT molecular complexity index is 869. The predicted molar refractivity (Wildman–Crippen MR) is 99.2 cm³/mol. The van der Waals surface area contributed by atoms with Crippen LogP contribution in [-0.2, 0) is 4.79 Å².